The van der Waals surface area contributed by atoms with E-state index < -0.39 is 6.04 Å². The highest BCUT2D eigenvalue weighted by molar-refractivity contribution is 7.00. The number of nitrogens with zero attached hydrogens (tertiary/aromatic N) is 3. The first-order valence-corrected chi connectivity index (χ1v) is 26.0. The number of hydrogen-bond donors (Lipinski definition) is 0. The van der Waals surface area contributed by atoms with Gasteiger partial charge in [0.15, 0.2) is 0 Å². The molecule has 0 saturated heterocycles. The van der Waals surface area contributed by atoms with Gasteiger partial charge < -0.3 is 14.7 Å². The second-order valence-electron chi connectivity index (χ2n) is 24.0. The lowest BCUT2D eigenvalue weighted by Gasteiger charge is -2.45. The first-order chi connectivity index (χ1) is 37.0. The van der Waals surface area contributed by atoms with E-state index in [1.165, 1.54) is 61.0 Å². The lowest BCUT2D eigenvalue weighted by molar-refractivity contribution is 0.590. The number of hydrogen-bond acceptors (Lipinski definition) is 3. The fraction of sp³-hybridized carbons (Fsp3) is 0.217. The third-order valence-corrected chi connectivity index (χ3v) is 16.7. The molecule has 4 heteroatoms. The maximum absolute atomic E-state index is 9.45. The van der Waals surface area contributed by atoms with Gasteiger partial charge in [0.2, 0.25) is 0 Å². The highest BCUT2D eigenvalue weighted by Gasteiger charge is 2.46. The minimum Gasteiger partial charge on any atom is -0.311 e. The molecule has 0 N–H and O–H groups in total. The third-order valence-electron chi connectivity index (χ3n) is 16.7. The zero-order valence-electron chi connectivity index (χ0n) is 48.9. The van der Waals surface area contributed by atoms with Crippen molar-refractivity contribution < 1.29 is 6.85 Å². The van der Waals surface area contributed by atoms with Crippen LogP contribution in [-0.2, 0) is 21.7 Å². The van der Waals surface area contributed by atoms with Crippen molar-refractivity contribution in [1.82, 2.24) is 0 Å². The first-order valence-electron chi connectivity index (χ1n) is 28.5. The Balaban J connectivity index is 1.10. The van der Waals surface area contributed by atoms with Crippen molar-refractivity contribution in [3.05, 3.63) is 227 Å². The van der Waals surface area contributed by atoms with Gasteiger partial charge in [0.05, 0.1) is 6.85 Å². The summed E-state index contributed by atoms with van der Waals surface area (Å²) >= 11 is 0. The van der Waals surface area contributed by atoms with E-state index in [9.17, 15) is 2.74 Å². The zero-order chi connectivity index (χ0) is 54.9. The van der Waals surface area contributed by atoms with Gasteiger partial charge >= 0.3 is 0 Å². The Kier molecular flexibility index (Phi) is 8.61. The third kappa shape index (κ3) is 6.79. The van der Waals surface area contributed by atoms with Crippen LogP contribution in [-0.4, -0.2) is 6.71 Å². The Morgan fingerprint density at radius 3 is 1.51 bits per heavy atom. The predicted molar refractivity (Wildman–Crippen MR) is 312 cm³/mol. The highest BCUT2D eigenvalue weighted by atomic mass is 15.2. The Bertz CT molecular complexity index is 4020. The van der Waals surface area contributed by atoms with Crippen molar-refractivity contribution in [2.24, 2.45) is 0 Å². The molecule has 73 heavy (non-hydrogen) atoms. The van der Waals surface area contributed by atoms with Crippen molar-refractivity contribution in [2.75, 3.05) is 14.7 Å². The van der Waals surface area contributed by atoms with Gasteiger partial charge in [-0.25, -0.2) is 0 Å². The SMILES string of the molecule is [2H]c1c([2H])c([2H])c(N(c2ccc(C(C)(C)C)cc2)c2ccc3c(c2)N(c2ccc4c(c2)C(C)(C)c2ccccc2-4)c2cc(C)cc4c2B3c2cc(C(C)(C)C)ccc2N4c2ccc3c(c2)C(C)(C)c2ccccc2-3)c([2H])c1[2H]. The zero-order valence-corrected chi connectivity index (χ0v) is 43.9. The maximum Gasteiger partial charge on any atom is 0.252 e. The molecule has 358 valence electrons. The molecule has 2 heterocycles. The van der Waals surface area contributed by atoms with E-state index in [1.807, 2.05) is 17.0 Å². The minimum absolute atomic E-state index is 0.0940. The number of fused-ring (bicyclic) bond motifs is 10. The number of aryl methyl sites for hydroxylation is 1. The summed E-state index contributed by atoms with van der Waals surface area (Å²) in [6.07, 6.45) is 0. The van der Waals surface area contributed by atoms with Crippen molar-refractivity contribution >= 4 is 74.3 Å². The van der Waals surface area contributed by atoms with E-state index in [4.69, 9.17) is 4.11 Å². The molecule has 0 saturated carbocycles. The summed E-state index contributed by atoms with van der Waals surface area (Å²) in [4.78, 5) is 6.83. The topological polar surface area (TPSA) is 9.72 Å². The van der Waals surface area contributed by atoms with Gasteiger partial charge in [0, 0.05) is 62.0 Å². The minimum atomic E-state index is -0.425. The lowest BCUT2D eigenvalue weighted by Crippen LogP contribution is -2.61. The van der Waals surface area contributed by atoms with E-state index in [1.54, 1.807) is 0 Å². The molecule has 0 radical (unpaired) electrons. The van der Waals surface area contributed by atoms with Gasteiger partial charge in [-0.15, -0.1) is 0 Å². The van der Waals surface area contributed by atoms with Crippen LogP contribution in [0.25, 0.3) is 22.3 Å². The van der Waals surface area contributed by atoms with Crippen LogP contribution in [0.3, 0.4) is 0 Å². The average Bonchev–Trinajstić information content (AvgIpc) is 3.94. The Labute approximate surface area is 440 Å². The van der Waals surface area contributed by atoms with Crippen LogP contribution in [0, 0.1) is 6.92 Å². The molecule has 9 aromatic carbocycles. The maximum atomic E-state index is 9.45. The predicted octanol–water partition coefficient (Wildman–Crippen LogP) is 16.8. The molecule has 0 amide bonds. The summed E-state index contributed by atoms with van der Waals surface area (Å²) in [6, 6.07) is 56.5. The Hall–Kier alpha value is -7.56. The standard InChI is InChI=1S/C69H64BN3/c1-43-37-63-65-64(38-43)73(49-31-34-54-52-22-16-18-24-56(52)69(10,11)58(54)41-49)62-42-50(71(46-19-13-12-14-20-46)47-28-25-44(26-29-47)66(2,3)4)32-35-59(62)70(65)60-39-45(67(5,6)7)27-36-61(60)72(63)48-30-33-53-51-21-15-17-23-55(51)68(8,9)57(53)40-48/h12-42H,1-11H3/i12D,13D,14D,19D,20D. The van der Waals surface area contributed by atoms with E-state index >= 15 is 0 Å². The molecular formula is C69H64BN3. The highest BCUT2D eigenvalue weighted by Crippen LogP contribution is 2.54. The molecular weight excluding hydrogens is 882 g/mol. The van der Waals surface area contributed by atoms with Gasteiger partial charge in [-0.2, -0.15) is 0 Å². The summed E-state index contributed by atoms with van der Waals surface area (Å²) in [5.74, 6) is 0. The molecule has 3 nitrogen and oxygen atoms in total. The van der Waals surface area contributed by atoms with E-state index in [2.05, 4.69) is 232 Å². The number of para-hydroxylation sites is 1. The summed E-state index contributed by atoms with van der Waals surface area (Å²) in [5.41, 5.74) is 24.4. The Morgan fingerprint density at radius 2 is 0.945 bits per heavy atom. The lowest BCUT2D eigenvalue weighted by atomic mass is 9.33. The number of benzene rings is 9. The molecule has 9 aromatic rings. The van der Waals surface area contributed by atoms with Gasteiger partial charge in [0.25, 0.3) is 6.71 Å². The average molecular weight is 951 g/mol. The molecule has 4 aliphatic rings. The summed E-state index contributed by atoms with van der Waals surface area (Å²) in [7, 11) is 0. The summed E-state index contributed by atoms with van der Waals surface area (Å²) in [5, 5.41) is 0. The van der Waals surface area contributed by atoms with Crippen LogP contribution in [0.4, 0.5) is 51.2 Å². The van der Waals surface area contributed by atoms with E-state index in [-0.39, 0.29) is 58.2 Å². The Morgan fingerprint density at radius 1 is 0.438 bits per heavy atom. The molecule has 0 fully saturated rings. The van der Waals surface area contributed by atoms with Crippen molar-refractivity contribution in [1.29, 1.82) is 0 Å². The quantitative estimate of drug-likeness (QED) is 0.159. The fourth-order valence-electron chi connectivity index (χ4n) is 12.8. The van der Waals surface area contributed by atoms with Gasteiger partial charge in [0.1, 0.15) is 0 Å². The van der Waals surface area contributed by atoms with Crippen LogP contribution < -0.4 is 31.1 Å². The van der Waals surface area contributed by atoms with E-state index in [0.717, 1.165) is 50.7 Å². The monoisotopic (exact) mass is 951 g/mol. The van der Waals surface area contributed by atoms with Crippen LogP contribution >= 0.6 is 0 Å². The summed E-state index contributed by atoms with van der Waals surface area (Å²) < 4.78 is 45.4. The second-order valence-corrected chi connectivity index (χ2v) is 24.0. The van der Waals surface area contributed by atoms with Crippen LogP contribution in [0.1, 0.15) is 115 Å². The van der Waals surface area contributed by atoms with Gasteiger partial charge in [-0.1, -0.05) is 178 Å². The first kappa shape index (κ1) is 40.0. The molecule has 2 aliphatic carbocycles. The molecule has 0 spiro atoms. The second kappa shape index (κ2) is 15.7. The summed E-state index contributed by atoms with van der Waals surface area (Å²) in [6.45, 7) is 24.8. The van der Waals surface area contributed by atoms with Gasteiger partial charge in [-0.05, 0) is 174 Å². The van der Waals surface area contributed by atoms with Crippen LogP contribution in [0.5, 0.6) is 0 Å². The van der Waals surface area contributed by atoms with E-state index in [0.29, 0.717) is 11.4 Å². The molecule has 0 bridgehead atoms. The van der Waals surface area contributed by atoms with Crippen molar-refractivity contribution in [3.63, 3.8) is 0 Å². The molecule has 0 aromatic heterocycles. The van der Waals surface area contributed by atoms with Crippen LogP contribution in [0.2, 0.25) is 0 Å². The number of anilines is 9. The molecule has 2 aliphatic heterocycles. The fourth-order valence-corrected chi connectivity index (χ4v) is 12.8. The van der Waals surface area contributed by atoms with Gasteiger partial charge in [-0.3, -0.25) is 0 Å². The molecule has 13 rings (SSSR count). The molecule has 0 atom stereocenters. The smallest absolute Gasteiger partial charge is 0.252 e. The normalized spacial score (nSPS) is 16.2. The van der Waals surface area contributed by atoms with Crippen molar-refractivity contribution in [3.8, 4) is 22.3 Å². The van der Waals surface area contributed by atoms with Crippen LogP contribution in [0.15, 0.2) is 188 Å². The largest absolute Gasteiger partial charge is 0.311 e. The molecule has 0 unspecified atom stereocenters. The number of rotatable bonds is 5. The van der Waals surface area contributed by atoms with Crippen molar-refractivity contribution in [2.45, 2.75) is 97.8 Å².